The summed E-state index contributed by atoms with van der Waals surface area (Å²) < 4.78 is 0. The van der Waals surface area contributed by atoms with E-state index in [0.717, 1.165) is 12.5 Å². The van der Waals surface area contributed by atoms with Gasteiger partial charge in [0.1, 0.15) is 0 Å². The van der Waals surface area contributed by atoms with Gasteiger partial charge in [0.05, 0.1) is 6.04 Å². The first-order chi connectivity index (χ1) is 10.4. The second-order valence-electron chi connectivity index (χ2n) is 5.94. The molecule has 0 spiro atoms. The zero-order valence-corrected chi connectivity index (χ0v) is 13.3. The van der Waals surface area contributed by atoms with E-state index >= 15 is 0 Å². The van der Waals surface area contributed by atoms with Crippen LogP contribution in [0.2, 0.25) is 0 Å². The molecule has 0 radical (unpaired) electrons. The van der Waals surface area contributed by atoms with Crippen LogP contribution in [0.1, 0.15) is 29.3 Å². The highest BCUT2D eigenvalue weighted by Crippen LogP contribution is 2.30. The van der Waals surface area contributed by atoms with Crippen molar-refractivity contribution >= 4 is 11.3 Å². The fraction of sp³-hybridized carbons (Fsp3) is 0.444. The van der Waals surface area contributed by atoms with Gasteiger partial charge in [0, 0.05) is 11.4 Å². The summed E-state index contributed by atoms with van der Waals surface area (Å²) in [5.74, 6) is 0.824. The second kappa shape index (κ2) is 7.21. The number of thiophene rings is 1. The highest BCUT2D eigenvalue weighted by Gasteiger charge is 2.25. The molecule has 0 saturated carbocycles. The molecule has 0 amide bonds. The Balaban J connectivity index is 1.55. The monoisotopic (exact) mass is 300 g/mol. The fourth-order valence-corrected chi connectivity index (χ4v) is 4.22. The number of nitrogens with two attached hydrogens (primary N) is 1. The number of hydrogen-bond acceptors (Lipinski definition) is 3. The van der Waals surface area contributed by atoms with E-state index in [4.69, 9.17) is 5.73 Å². The van der Waals surface area contributed by atoms with Gasteiger partial charge < -0.3 is 5.73 Å². The summed E-state index contributed by atoms with van der Waals surface area (Å²) in [6, 6.07) is 15.7. The summed E-state index contributed by atoms with van der Waals surface area (Å²) in [7, 11) is 0. The van der Waals surface area contributed by atoms with Gasteiger partial charge in [0.2, 0.25) is 0 Å². The molecule has 2 heterocycles. The number of hydrogen-bond donors (Lipinski definition) is 1. The Morgan fingerprint density at radius 2 is 1.86 bits per heavy atom. The van der Waals surface area contributed by atoms with Gasteiger partial charge in [-0.3, -0.25) is 4.90 Å². The molecule has 1 aromatic carbocycles. The normalized spacial score (nSPS) is 18.7. The van der Waals surface area contributed by atoms with E-state index in [1.54, 1.807) is 0 Å². The lowest BCUT2D eigenvalue weighted by Crippen LogP contribution is -2.39. The first kappa shape index (κ1) is 14.8. The summed E-state index contributed by atoms with van der Waals surface area (Å²) in [4.78, 5) is 3.99. The Kier molecular flexibility index (Phi) is 5.07. The lowest BCUT2D eigenvalue weighted by molar-refractivity contribution is 0.137. The van der Waals surface area contributed by atoms with Gasteiger partial charge in [0.15, 0.2) is 0 Å². The van der Waals surface area contributed by atoms with Crippen LogP contribution in [0, 0.1) is 5.92 Å². The van der Waals surface area contributed by atoms with Gasteiger partial charge in [-0.05, 0) is 55.3 Å². The second-order valence-corrected chi connectivity index (χ2v) is 6.92. The molecule has 1 aliphatic rings. The maximum atomic E-state index is 6.02. The van der Waals surface area contributed by atoms with Crippen molar-refractivity contribution in [3.8, 4) is 0 Å². The van der Waals surface area contributed by atoms with Crippen molar-refractivity contribution in [2.24, 2.45) is 11.7 Å². The lowest BCUT2D eigenvalue weighted by Gasteiger charge is -2.36. The topological polar surface area (TPSA) is 29.3 Å². The number of likely N-dealkylation sites (tertiary alicyclic amines) is 1. The van der Waals surface area contributed by atoms with Crippen LogP contribution in [0.5, 0.6) is 0 Å². The predicted octanol–water partition coefficient (Wildman–Crippen LogP) is 3.70. The minimum Gasteiger partial charge on any atom is -0.329 e. The van der Waals surface area contributed by atoms with Crippen LogP contribution >= 0.6 is 11.3 Å². The molecule has 1 atom stereocenters. The van der Waals surface area contributed by atoms with Crippen LogP contribution in [-0.2, 0) is 6.42 Å². The number of piperidine rings is 1. The van der Waals surface area contributed by atoms with Gasteiger partial charge in [-0.2, -0.15) is 0 Å². The molecular weight excluding hydrogens is 276 g/mol. The van der Waals surface area contributed by atoms with Crippen molar-refractivity contribution in [3.63, 3.8) is 0 Å². The van der Waals surface area contributed by atoms with Crippen LogP contribution in [0.15, 0.2) is 47.8 Å². The molecule has 3 heteroatoms. The van der Waals surface area contributed by atoms with Crippen molar-refractivity contribution in [2.45, 2.75) is 25.3 Å². The van der Waals surface area contributed by atoms with E-state index in [-0.39, 0.29) is 0 Å². The third-order valence-electron chi connectivity index (χ3n) is 4.55. The van der Waals surface area contributed by atoms with E-state index in [2.05, 4.69) is 52.7 Å². The zero-order valence-electron chi connectivity index (χ0n) is 12.4. The quantitative estimate of drug-likeness (QED) is 0.912. The maximum Gasteiger partial charge on any atom is 0.0564 e. The SMILES string of the molecule is NCC(c1cccs1)N1CCC(Cc2ccccc2)CC1. The van der Waals surface area contributed by atoms with E-state index in [1.807, 2.05) is 11.3 Å². The number of benzene rings is 1. The summed E-state index contributed by atoms with van der Waals surface area (Å²) in [5.41, 5.74) is 7.49. The minimum atomic E-state index is 0.419. The standard InChI is InChI=1S/C18H24N2S/c19-14-17(18-7-4-12-21-18)20-10-8-16(9-11-20)13-15-5-2-1-3-6-15/h1-7,12,16-17H,8-11,13-14,19H2. The molecule has 2 aromatic rings. The molecule has 1 unspecified atom stereocenters. The van der Waals surface area contributed by atoms with Gasteiger partial charge in [-0.25, -0.2) is 0 Å². The molecule has 21 heavy (non-hydrogen) atoms. The van der Waals surface area contributed by atoms with Crippen LogP contribution in [0.3, 0.4) is 0 Å². The largest absolute Gasteiger partial charge is 0.329 e. The van der Waals surface area contributed by atoms with Crippen LogP contribution in [-0.4, -0.2) is 24.5 Å². The van der Waals surface area contributed by atoms with Gasteiger partial charge in [-0.15, -0.1) is 11.3 Å². The zero-order chi connectivity index (χ0) is 14.5. The van der Waals surface area contributed by atoms with E-state index in [1.165, 1.54) is 42.8 Å². The lowest BCUT2D eigenvalue weighted by atomic mass is 9.89. The number of rotatable bonds is 5. The maximum absolute atomic E-state index is 6.02. The van der Waals surface area contributed by atoms with Crippen molar-refractivity contribution in [3.05, 3.63) is 58.3 Å². The van der Waals surface area contributed by atoms with Crippen LogP contribution in [0.4, 0.5) is 0 Å². The smallest absolute Gasteiger partial charge is 0.0564 e. The average Bonchev–Trinajstić information content (AvgIpc) is 3.05. The third kappa shape index (κ3) is 3.73. The third-order valence-corrected chi connectivity index (χ3v) is 5.53. The first-order valence-corrected chi connectivity index (χ1v) is 8.76. The van der Waals surface area contributed by atoms with Crippen LogP contribution < -0.4 is 5.73 Å². The Morgan fingerprint density at radius 1 is 1.10 bits per heavy atom. The molecule has 2 N–H and O–H groups in total. The molecule has 0 bridgehead atoms. The summed E-state index contributed by atoms with van der Waals surface area (Å²) in [5, 5.41) is 2.15. The molecule has 112 valence electrons. The molecule has 3 rings (SSSR count). The van der Waals surface area contributed by atoms with E-state index in [0.29, 0.717) is 6.04 Å². The molecule has 1 aliphatic heterocycles. The fourth-order valence-electron chi connectivity index (χ4n) is 3.34. The Hall–Kier alpha value is -1.16. The molecule has 1 aromatic heterocycles. The van der Waals surface area contributed by atoms with Gasteiger partial charge >= 0.3 is 0 Å². The van der Waals surface area contributed by atoms with E-state index in [9.17, 15) is 0 Å². The molecular formula is C18H24N2S. The molecule has 2 nitrogen and oxygen atoms in total. The molecule has 0 aliphatic carbocycles. The van der Waals surface area contributed by atoms with Crippen molar-refractivity contribution in [1.29, 1.82) is 0 Å². The Bertz CT molecular complexity index is 515. The van der Waals surface area contributed by atoms with E-state index < -0.39 is 0 Å². The van der Waals surface area contributed by atoms with Gasteiger partial charge in [0.25, 0.3) is 0 Å². The van der Waals surface area contributed by atoms with Crippen molar-refractivity contribution in [1.82, 2.24) is 4.90 Å². The highest BCUT2D eigenvalue weighted by molar-refractivity contribution is 7.10. The Morgan fingerprint density at radius 3 is 2.48 bits per heavy atom. The van der Waals surface area contributed by atoms with Gasteiger partial charge in [-0.1, -0.05) is 36.4 Å². The number of nitrogens with zero attached hydrogens (tertiary/aromatic N) is 1. The summed E-state index contributed by atoms with van der Waals surface area (Å²) >= 11 is 1.83. The van der Waals surface area contributed by atoms with Crippen molar-refractivity contribution < 1.29 is 0 Å². The van der Waals surface area contributed by atoms with Crippen LogP contribution in [0.25, 0.3) is 0 Å². The molecule has 1 fully saturated rings. The summed E-state index contributed by atoms with van der Waals surface area (Å²) in [6.07, 6.45) is 3.80. The minimum absolute atomic E-state index is 0.419. The summed E-state index contributed by atoms with van der Waals surface area (Å²) in [6.45, 7) is 3.08. The highest BCUT2D eigenvalue weighted by atomic mass is 32.1. The molecule has 1 saturated heterocycles. The Labute approximate surface area is 131 Å². The first-order valence-electron chi connectivity index (χ1n) is 7.88. The average molecular weight is 300 g/mol. The predicted molar refractivity (Wildman–Crippen MR) is 90.6 cm³/mol. The van der Waals surface area contributed by atoms with Crippen molar-refractivity contribution in [2.75, 3.05) is 19.6 Å².